The number of likely N-dealkylation sites (tertiary alicyclic amines) is 1. The Morgan fingerprint density at radius 1 is 1.03 bits per heavy atom. The molecule has 0 bridgehead atoms. The molecule has 2 amide bonds. The number of nitrogens with zero attached hydrogens (tertiary/aromatic N) is 1. The molecular formula is C27H34N2O4. The monoisotopic (exact) mass is 450 g/mol. The van der Waals surface area contributed by atoms with Gasteiger partial charge in [-0.05, 0) is 50.2 Å². The van der Waals surface area contributed by atoms with Crippen LogP contribution >= 0.6 is 0 Å². The minimum atomic E-state index is -0.848. The highest BCUT2D eigenvalue weighted by molar-refractivity contribution is 5.84. The normalized spacial score (nSPS) is 16.0. The molecule has 2 aromatic rings. The van der Waals surface area contributed by atoms with Crippen LogP contribution in [0.2, 0.25) is 0 Å². The molecule has 1 heterocycles. The maximum atomic E-state index is 12.8. The van der Waals surface area contributed by atoms with Crippen molar-refractivity contribution in [1.82, 2.24) is 10.2 Å². The molecule has 0 aromatic heterocycles. The predicted molar refractivity (Wildman–Crippen MR) is 127 cm³/mol. The van der Waals surface area contributed by atoms with Gasteiger partial charge in [0.1, 0.15) is 0 Å². The average molecular weight is 451 g/mol. The average Bonchev–Trinajstić information content (AvgIpc) is 2.79. The van der Waals surface area contributed by atoms with E-state index in [1.54, 1.807) is 11.8 Å². The van der Waals surface area contributed by atoms with Crippen molar-refractivity contribution >= 4 is 17.8 Å². The van der Waals surface area contributed by atoms with Gasteiger partial charge < -0.3 is 15.0 Å². The maximum absolute atomic E-state index is 12.8. The molecule has 0 aliphatic carbocycles. The molecule has 2 unspecified atom stereocenters. The highest BCUT2D eigenvalue weighted by atomic mass is 16.5. The van der Waals surface area contributed by atoms with Gasteiger partial charge in [-0.1, -0.05) is 60.2 Å². The van der Waals surface area contributed by atoms with Crippen LogP contribution in [0.4, 0.5) is 0 Å². The molecule has 33 heavy (non-hydrogen) atoms. The van der Waals surface area contributed by atoms with Crippen molar-refractivity contribution in [1.29, 1.82) is 0 Å². The molecule has 2 atom stereocenters. The molecule has 1 aliphatic rings. The topological polar surface area (TPSA) is 75.7 Å². The molecule has 0 radical (unpaired) electrons. The quantitative estimate of drug-likeness (QED) is 0.618. The highest BCUT2D eigenvalue weighted by Crippen LogP contribution is 2.23. The molecule has 6 nitrogen and oxygen atoms in total. The van der Waals surface area contributed by atoms with Crippen molar-refractivity contribution in [2.75, 3.05) is 13.1 Å². The van der Waals surface area contributed by atoms with Gasteiger partial charge in [-0.25, -0.2) is 0 Å². The number of nitrogens with one attached hydrogen (secondary N) is 1. The van der Waals surface area contributed by atoms with Crippen LogP contribution in [-0.2, 0) is 25.5 Å². The Balaban J connectivity index is 1.49. The first kappa shape index (κ1) is 24.5. The van der Waals surface area contributed by atoms with E-state index in [-0.39, 0.29) is 18.2 Å². The molecule has 1 saturated heterocycles. The number of carbonyl (C=O) groups is 3. The highest BCUT2D eigenvalue weighted by Gasteiger charge is 2.29. The number of piperidine rings is 1. The summed E-state index contributed by atoms with van der Waals surface area (Å²) < 4.78 is 5.46. The van der Waals surface area contributed by atoms with Crippen LogP contribution in [0.3, 0.4) is 0 Å². The summed E-state index contributed by atoms with van der Waals surface area (Å²) in [5.41, 5.74) is 3.24. The first-order valence-corrected chi connectivity index (χ1v) is 11.7. The summed E-state index contributed by atoms with van der Waals surface area (Å²) in [5.74, 6) is -0.333. The Morgan fingerprint density at radius 3 is 2.27 bits per heavy atom. The van der Waals surface area contributed by atoms with Gasteiger partial charge in [-0.3, -0.25) is 14.4 Å². The second-order valence-electron chi connectivity index (χ2n) is 8.96. The van der Waals surface area contributed by atoms with Gasteiger partial charge in [0.2, 0.25) is 5.91 Å². The Labute approximate surface area is 196 Å². The van der Waals surface area contributed by atoms with Crippen LogP contribution < -0.4 is 5.32 Å². The number of esters is 1. The van der Waals surface area contributed by atoms with E-state index in [9.17, 15) is 14.4 Å². The van der Waals surface area contributed by atoms with Crippen molar-refractivity contribution in [3.8, 4) is 0 Å². The smallest absolute Gasteiger partial charge is 0.309 e. The molecule has 1 fully saturated rings. The van der Waals surface area contributed by atoms with Gasteiger partial charge in [0, 0.05) is 20.0 Å². The summed E-state index contributed by atoms with van der Waals surface area (Å²) in [4.78, 5) is 38.9. The van der Waals surface area contributed by atoms with E-state index in [4.69, 9.17) is 4.74 Å². The van der Waals surface area contributed by atoms with Crippen molar-refractivity contribution in [3.63, 3.8) is 0 Å². The molecule has 3 rings (SSSR count). The van der Waals surface area contributed by atoms with E-state index in [0.717, 1.165) is 30.4 Å². The zero-order valence-corrected chi connectivity index (χ0v) is 19.8. The standard InChI is InChI=1S/C27H34N2O4/c1-19-9-11-24(12-10-19)25(28-21(3)30)18-26(31)33-20(2)27(32)29-15-13-23(14-16-29)17-22-7-5-4-6-8-22/h4-12,20,23,25H,13-18H2,1-3H3,(H,28,30). The SMILES string of the molecule is CC(=O)NC(CC(=O)OC(C)C(=O)N1CCC(Cc2ccccc2)CC1)c1ccc(C)cc1. The number of hydrogen-bond donors (Lipinski definition) is 1. The van der Waals surface area contributed by atoms with Crippen LogP contribution in [0.25, 0.3) is 0 Å². The van der Waals surface area contributed by atoms with E-state index in [1.807, 2.05) is 37.3 Å². The fraction of sp³-hybridized carbons (Fsp3) is 0.444. The number of aryl methyl sites for hydroxylation is 1. The molecule has 0 spiro atoms. The number of benzene rings is 2. The van der Waals surface area contributed by atoms with Crippen LogP contribution in [0.15, 0.2) is 54.6 Å². The lowest BCUT2D eigenvalue weighted by atomic mass is 9.90. The van der Waals surface area contributed by atoms with E-state index < -0.39 is 18.1 Å². The maximum Gasteiger partial charge on any atom is 0.309 e. The van der Waals surface area contributed by atoms with Crippen molar-refractivity contribution in [3.05, 3.63) is 71.3 Å². The van der Waals surface area contributed by atoms with Crippen molar-refractivity contribution in [2.24, 2.45) is 5.92 Å². The lowest BCUT2D eigenvalue weighted by molar-refractivity contribution is -0.160. The van der Waals surface area contributed by atoms with Gasteiger partial charge in [0.25, 0.3) is 5.91 Å². The van der Waals surface area contributed by atoms with E-state index >= 15 is 0 Å². The first-order valence-electron chi connectivity index (χ1n) is 11.7. The summed E-state index contributed by atoms with van der Waals surface area (Å²) in [7, 11) is 0. The fourth-order valence-corrected chi connectivity index (χ4v) is 4.32. The summed E-state index contributed by atoms with van der Waals surface area (Å²) in [6.45, 7) is 6.37. The number of carbonyl (C=O) groups excluding carboxylic acids is 3. The summed E-state index contributed by atoms with van der Waals surface area (Å²) in [6, 6.07) is 17.6. The third-order valence-corrected chi connectivity index (χ3v) is 6.18. The number of ether oxygens (including phenoxy) is 1. The van der Waals surface area contributed by atoms with E-state index in [1.165, 1.54) is 12.5 Å². The van der Waals surface area contributed by atoms with Crippen molar-refractivity contribution in [2.45, 2.75) is 58.6 Å². The van der Waals surface area contributed by atoms with E-state index in [2.05, 4.69) is 29.6 Å². The third kappa shape index (κ3) is 7.45. The van der Waals surface area contributed by atoms with Gasteiger partial charge >= 0.3 is 5.97 Å². The molecule has 1 N–H and O–H groups in total. The molecule has 6 heteroatoms. The third-order valence-electron chi connectivity index (χ3n) is 6.18. The molecule has 1 aliphatic heterocycles. The van der Waals surface area contributed by atoms with Crippen LogP contribution in [0.5, 0.6) is 0 Å². The first-order chi connectivity index (χ1) is 15.8. The fourth-order valence-electron chi connectivity index (χ4n) is 4.32. The minimum Gasteiger partial charge on any atom is -0.452 e. The molecule has 176 valence electrons. The Morgan fingerprint density at radius 2 is 1.67 bits per heavy atom. The lowest BCUT2D eigenvalue weighted by Gasteiger charge is -2.33. The predicted octanol–water partition coefficient (Wildman–Crippen LogP) is 3.98. The van der Waals surface area contributed by atoms with Crippen LogP contribution in [0.1, 0.15) is 55.8 Å². The van der Waals surface area contributed by atoms with Crippen LogP contribution in [0, 0.1) is 12.8 Å². The molecular weight excluding hydrogens is 416 g/mol. The Hall–Kier alpha value is -3.15. The van der Waals surface area contributed by atoms with Gasteiger partial charge in [-0.2, -0.15) is 0 Å². The Bertz CT molecular complexity index is 934. The summed E-state index contributed by atoms with van der Waals surface area (Å²) >= 11 is 0. The number of amides is 2. The van der Waals surface area contributed by atoms with Crippen LogP contribution in [-0.4, -0.2) is 41.9 Å². The van der Waals surface area contributed by atoms with Gasteiger partial charge in [-0.15, -0.1) is 0 Å². The van der Waals surface area contributed by atoms with Crippen molar-refractivity contribution < 1.29 is 19.1 Å². The summed E-state index contributed by atoms with van der Waals surface area (Å²) in [5, 5.41) is 2.80. The lowest BCUT2D eigenvalue weighted by Crippen LogP contribution is -2.44. The Kier molecular flexibility index (Phi) is 8.64. The van der Waals surface area contributed by atoms with E-state index in [0.29, 0.717) is 19.0 Å². The molecule has 0 saturated carbocycles. The largest absolute Gasteiger partial charge is 0.452 e. The number of rotatable bonds is 8. The second kappa shape index (κ2) is 11.6. The summed E-state index contributed by atoms with van der Waals surface area (Å²) in [6.07, 6.45) is 2.04. The zero-order valence-electron chi connectivity index (χ0n) is 19.8. The zero-order chi connectivity index (χ0) is 23.8. The van der Waals surface area contributed by atoms with Gasteiger partial charge in [0.05, 0.1) is 12.5 Å². The number of hydrogen-bond acceptors (Lipinski definition) is 4. The molecule has 2 aromatic carbocycles. The second-order valence-corrected chi connectivity index (χ2v) is 8.96. The van der Waals surface area contributed by atoms with Gasteiger partial charge in [0.15, 0.2) is 6.10 Å². The minimum absolute atomic E-state index is 0.0284.